The molecule has 0 amide bonds. The van der Waals surface area contributed by atoms with Crippen LogP contribution in [-0.2, 0) is 0 Å². The van der Waals surface area contributed by atoms with Crippen molar-refractivity contribution in [3.8, 4) is 56.2 Å². The Morgan fingerprint density at radius 1 is 0.431 bits per heavy atom. The first-order valence-electron chi connectivity index (χ1n) is 23.1. The molecule has 0 aliphatic carbocycles. The van der Waals surface area contributed by atoms with E-state index in [2.05, 4.69) is 0 Å². The average molecular weight is 665 g/mol. The van der Waals surface area contributed by atoms with Crippen LogP contribution in [0.4, 0.5) is 0 Å². The minimum Gasteiger partial charge on any atom is -0.455 e. The Labute approximate surface area is 314 Å². The zero-order valence-electron chi connectivity index (χ0n) is 40.5. The smallest absolute Gasteiger partial charge is 0.160 e. The summed E-state index contributed by atoms with van der Waals surface area (Å²) in [6.07, 6.45) is 0. The van der Waals surface area contributed by atoms with Gasteiger partial charge in [-0.3, -0.25) is 0 Å². The van der Waals surface area contributed by atoms with Gasteiger partial charge in [-0.1, -0.05) is 163 Å². The third-order valence-electron chi connectivity index (χ3n) is 8.96. The van der Waals surface area contributed by atoms with E-state index in [0.29, 0.717) is 16.7 Å². The molecule has 8 aromatic carbocycles. The van der Waals surface area contributed by atoms with E-state index >= 15 is 0 Å². The summed E-state index contributed by atoms with van der Waals surface area (Å²) in [6.45, 7) is 0. The lowest BCUT2D eigenvalue weighted by molar-refractivity contribution is 0.670. The second-order valence-electron chi connectivity index (χ2n) is 11.9. The Kier molecular flexibility index (Phi) is 4.27. The minimum atomic E-state index is -0.579. The van der Waals surface area contributed by atoms with Gasteiger partial charge in [-0.25, -0.2) is 9.97 Å². The highest BCUT2D eigenvalue weighted by atomic mass is 16.3. The summed E-state index contributed by atoms with van der Waals surface area (Å²) >= 11 is 0. The monoisotopic (exact) mass is 664 g/mol. The number of rotatable bonds is 5. The lowest BCUT2D eigenvalue weighted by Crippen LogP contribution is -1.96. The summed E-state index contributed by atoms with van der Waals surface area (Å²) in [4.78, 5) is 9.81. The van der Waals surface area contributed by atoms with Crippen molar-refractivity contribution in [2.45, 2.75) is 0 Å². The number of fused-ring (bicyclic) bond motifs is 6. The molecule has 0 fully saturated rings. The molecule has 2 aromatic heterocycles. The Hall–Kier alpha value is -6.84. The second-order valence-corrected chi connectivity index (χ2v) is 11.9. The van der Waals surface area contributed by atoms with E-state index in [1.54, 1.807) is 24.3 Å². The van der Waals surface area contributed by atoms with E-state index in [1.807, 2.05) is 54.6 Å². The second kappa shape index (κ2) is 11.9. The summed E-state index contributed by atoms with van der Waals surface area (Å²) in [6, 6.07) is 22.2. The van der Waals surface area contributed by atoms with Gasteiger partial charge in [0, 0.05) is 33.0 Å². The Morgan fingerprint density at radius 3 is 1.94 bits per heavy atom. The molecule has 0 unspecified atom stereocenters. The van der Waals surface area contributed by atoms with E-state index in [0.717, 1.165) is 21.5 Å². The molecule has 0 bridgehead atoms. The van der Waals surface area contributed by atoms with Crippen LogP contribution in [0.3, 0.4) is 0 Å². The number of aromatic nitrogens is 2. The van der Waals surface area contributed by atoms with Gasteiger partial charge in [-0.2, -0.15) is 0 Å². The number of para-hydroxylation sites is 1. The first kappa shape index (κ1) is 18.2. The van der Waals surface area contributed by atoms with Crippen LogP contribution in [0.15, 0.2) is 186 Å². The Morgan fingerprint density at radius 2 is 1.12 bits per heavy atom. The summed E-state index contributed by atoms with van der Waals surface area (Å²) in [5.74, 6) is 0.115. The quantitative estimate of drug-likeness (QED) is 0.172. The van der Waals surface area contributed by atoms with Crippen LogP contribution < -0.4 is 0 Å². The molecule has 2 heterocycles. The van der Waals surface area contributed by atoms with E-state index in [9.17, 15) is 1.37 Å². The lowest BCUT2D eigenvalue weighted by Gasteiger charge is -2.11. The number of hydrogen-bond donors (Lipinski definition) is 0. The van der Waals surface area contributed by atoms with Gasteiger partial charge in [0.1, 0.15) is 11.2 Å². The van der Waals surface area contributed by atoms with Crippen LogP contribution in [-0.4, -0.2) is 9.97 Å². The molecule has 0 radical (unpaired) electrons. The van der Waals surface area contributed by atoms with Crippen molar-refractivity contribution >= 4 is 43.5 Å². The van der Waals surface area contributed by atoms with Gasteiger partial charge in [0.15, 0.2) is 5.82 Å². The maximum atomic E-state index is 9.34. The first-order chi connectivity index (χ1) is 31.0. The molecule has 3 heteroatoms. The molecule has 0 saturated carbocycles. The zero-order chi connectivity index (χ0) is 45.9. The predicted molar refractivity (Wildman–Crippen MR) is 212 cm³/mol. The number of nitrogens with zero attached hydrogens (tertiary/aromatic N) is 2. The molecule has 0 saturated heterocycles. The van der Waals surface area contributed by atoms with Crippen molar-refractivity contribution in [2.24, 2.45) is 0 Å². The summed E-state index contributed by atoms with van der Waals surface area (Å²) < 4.78 is 127. The topological polar surface area (TPSA) is 38.9 Å². The molecule has 0 N–H and O–H groups in total. The summed E-state index contributed by atoms with van der Waals surface area (Å²) in [5.41, 5.74) is 1.54. The van der Waals surface area contributed by atoms with Crippen LogP contribution in [0, 0.1) is 0 Å². The highest BCUT2D eigenvalue weighted by Crippen LogP contribution is 2.41. The third kappa shape index (κ3) is 5.06. The van der Waals surface area contributed by atoms with Gasteiger partial charge in [0.2, 0.25) is 0 Å². The molecular formula is C48H30N2O. The van der Waals surface area contributed by atoms with Crippen LogP contribution >= 0.6 is 0 Å². The van der Waals surface area contributed by atoms with Gasteiger partial charge in [0.05, 0.1) is 30.6 Å². The fourth-order valence-corrected chi connectivity index (χ4v) is 6.56. The van der Waals surface area contributed by atoms with E-state index in [-0.39, 0.29) is 97.7 Å². The average Bonchev–Trinajstić information content (AvgIpc) is 3.68. The standard InChI is InChI=1S/C48H30N2O/c1-3-11-31(12-4-1)32-21-23-34(24-22-32)39-17-9-19-41-46-40(18-10-20-45(46)51-47(39)41)44-30-43(36-14-5-2-6-15-36)49-48(50-44)37-28-27-35-26-25-33-13-7-8-16-38(33)42(35)29-37/h1-30H/i1D,2D,3D,4D,5D,6D,9D,11D,12D,14D,15D,17D,18D,20D. The van der Waals surface area contributed by atoms with Crippen LogP contribution in [0.25, 0.3) is 99.6 Å². The molecule has 10 rings (SSSR count). The Bertz CT molecular complexity index is 3660. The minimum absolute atomic E-state index is 0.00696. The van der Waals surface area contributed by atoms with Crippen molar-refractivity contribution in [2.75, 3.05) is 0 Å². The van der Waals surface area contributed by atoms with Gasteiger partial charge >= 0.3 is 0 Å². The van der Waals surface area contributed by atoms with Crippen LogP contribution in [0.5, 0.6) is 0 Å². The molecule has 0 atom stereocenters. The lowest BCUT2D eigenvalue weighted by atomic mass is 9.97. The molecule has 3 nitrogen and oxygen atoms in total. The van der Waals surface area contributed by atoms with Crippen molar-refractivity contribution in [1.29, 1.82) is 0 Å². The number of hydrogen-bond acceptors (Lipinski definition) is 3. The van der Waals surface area contributed by atoms with E-state index < -0.39 is 48.3 Å². The highest BCUT2D eigenvalue weighted by molar-refractivity contribution is 6.15. The largest absolute Gasteiger partial charge is 0.455 e. The zero-order valence-corrected chi connectivity index (χ0v) is 26.5. The third-order valence-corrected chi connectivity index (χ3v) is 8.96. The number of benzene rings is 8. The van der Waals surface area contributed by atoms with Gasteiger partial charge in [-0.05, 0) is 56.4 Å². The maximum Gasteiger partial charge on any atom is 0.160 e. The fraction of sp³-hybridized carbons (Fsp3) is 0. The fourth-order valence-electron chi connectivity index (χ4n) is 6.56. The molecule has 238 valence electrons. The normalized spacial score (nSPS) is 15.4. The summed E-state index contributed by atoms with van der Waals surface area (Å²) in [7, 11) is 0. The molecule has 0 aliphatic rings. The maximum absolute atomic E-state index is 9.34. The SMILES string of the molecule is [2H]c1cc2c(oc3c([2H])cc([2H])c(-c4cc(-c5c([2H])c([2H])c([2H])c([2H])c5[2H])nc(-c5ccc6ccc7ccccc7c6c5)n4)c32)c(-c2ccc(-c3c([2H])c([2H])c([2H])c([2H])c3[2H])cc2)c1[2H]. The van der Waals surface area contributed by atoms with E-state index in [4.69, 9.17) is 32.2 Å². The van der Waals surface area contributed by atoms with Gasteiger partial charge < -0.3 is 4.42 Å². The molecule has 10 aromatic rings. The molecule has 0 aliphatic heterocycles. The van der Waals surface area contributed by atoms with Crippen LogP contribution in [0.1, 0.15) is 19.2 Å². The van der Waals surface area contributed by atoms with Crippen molar-refractivity contribution < 1.29 is 23.6 Å². The van der Waals surface area contributed by atoms with Crippen molar-refractivity contribution in [3.05, 3.63) is 182 Å². The van der Waals surface area contributed by atoms with Crippen LogP contribution in [0.2, 0.25) is 0 Å². The van der Waals surface area contributed by atoms with Crippen molar-refractivity contribution in [3.63, 3.8) is 0 Å². The first-order valence-corrected chi connectivity index (χ1v) is 16.1. The van der Waals surface area contributed by atoms with Crippen molar-refractivity contribution in [1.82, 2.24) is 9.97 Å². The molecule has 51 heavy (non-hydrogen) atoms. The number of furan rings is 1. The predicted octanol–water partition coefficient (Wildman–Crippen LogP) is 13.0. The molecular weight excluding hydrogens is 621 g/mol. The summed E-state index contributed by atoms with van der Waals surface area (Å²) in [5, 5.41) is 4.29. The highest BCUT2D eigenvalue weighted by Gasteiger charge is 2.19. The van der Waals surface area contributed by atoms with Gasteiger partial charge in [0.25, 0.3) is 0 Å². The Balaban J connectivity index is 1.24. The van der Waals surface area contributed by atoms with Gasteiger partial charge in [-0.15, -0.1) is 0 Å². The molecule has 0 spiro atoms. The van der Waals surface area contributed by atoms with E-state index in [1.165, 1.54) is 18.2 Å².